The van der Waals surface area contributed by atoms with E-state index in [2.05, 4.69) is 81.1 Å². The van der Waals surface area contributed by atoms with Crippen molar-refractivity contribution in [3.63, 3.8) is 0 Å². The number of unbranched alkanes of at least 4 members (excludes halogenated alkanes) is 3. The maximum absolute atomic E-state index is 12.3. The Hall–Kier alpha value is -13.0. The van der Waals surface area contributed by atoms with Crippen LogP contribution in [0.4, 0.5) is 11.4 Å². The minimum atomic E-state index is -0.701. The topological polar surface area (TPSA) is 451 Å². The number of anilines is 2. The van der Waals surface area contributed by atoms with Crippen molar-refractivity contribution in [2.24, 2.45) is 0 Å². The van der Waals surface area contributed by atoms with Gasteiger partial charge in [0.1, 0.15) is 11.4 Å². The van der Waals surface area contributed by atoms with Gasteiger partial charge in [0, 0.05) is 103 Å². The van der Waals surface area contributed by atoms with Gasteiger partial charge in [-0.3, -0.25) is 53.5 Å². The van der Waals surface area contributed by atoms with Crippen molar-refractivity contribution >= 4 is 79.0 Å². The molecule has 13 rings (SSSR count). The van der Waals surface area contributed by atoms with Crippen LogP contribution in [-0.4, -0.2) is 161 Å². The highest BCUT2D eigenvalue weighted by molar-refractivity contribution is 5.95. The Morgan fingerprint density at radius 2 is 0.797 bits per heavy atom. The number of benzene rings is 5. The summed E-state index contributed by atoms with van der Waals surface area (Å²) in [6.07, 6.45) is 6.36. The molecule has 8 N–H and O–H groups in total. The van der Waals surface area contributed by atoms with E-state index in [1.54, 1.807) is 26.1 Å². The van der Waals surface area contributed by atoms with Crippen molar-refractivity contribution < 1.29 is 23.9 Å². The van der Waals surface area contributed by atoms with E-state index in [1.807, 2.05) is 167 Å². The van der Waals surface area contributed by atoms with Crippen LogP contribution in [-0.2, 0) is 45.3 Å². The number of aryl methyl sites for hydroxylation is 8. The lowest BCUT2D eigenvalue weighted by molar-refractivity contribution is -0.154. The van der Waals surface area contributed by atoms with Gasteiger partial charge < -0.3 is 54.0 Å². The summed E-state index contributed by atoms with van der Waals surface area (Å²) >= 11 is 0. The molecule has 0 saturated heterocycles. The average Bonchev–Trinajstić information content (AvgIpc) is 0.774. The summed E-state index contributed by atoms with van der Waals surface area (Å²) in [5.74, 6) is 1.10. The molecule has 0 fully saturated rings. The molecule has 0 aromatic heterocycles. The number of carbonyl (C=O) groups excluding carboxylic acids is 4. The quantitative estimate of drug-likeness (QED) is 0.0109. The van der Waals surface area contributed by atoms with E-state index in [0.717, 1.165) is 111 Å². The third-order valence-corrected chi connectivity index (χ3v) is 19.9. The van der Waals surface area contributed by atoms with Gasteiger partial charge in [0.2, 0.25) is 5.91 Å². The molecule has 8 aliphatic heterocycles. The van der Waals surface area contributed by atoms with Crippen LogP contribution in [0.1, 0.15) is 142 Å². The molecule has 0 spiro atoms. The summed E-state index contributed by atoms with van der Waals surface area (Å²) in [6, 6.07) is 23.0. The first kappa shape index (κ1) is 87.4. The molecule has 34 heteroatoms. The zero-order chi connectivity index (χ0) is 85.6. The van der Waals surface area contributed by atoms with Crippen LogP contribution < -0.4 is 71.2 Å². The van der Waals surface area contributed by atoms with Crippen molar-refractivity contribution in [1.82, 2.24) is 94.0 Å². The van der Waals surface area contributed by atoms with Crippen molar-refractivity contribution in [2.45, 2.75) is 173 Å². The number of fused-ring (bicyclic) bond motifs is 8. The summed E-state index contributed by atoms with van der Waals surface area (Å²) in [6.45, 7) is 27.7. The smallest absolute Gasteiger partial charge is 0.349 e. The van der Waals surface area contributed by atoms with Crippen LogP contribution in [0, 0.1) is 48.5 Å². The lowest BCUT2D eigenvalue weighted by Crippen LogP contribution is -2.30. The highest BCUT2D eigenvalue weighted by atomic mass is 16.6. The lowest BCUT2D eigenvalue weighted by atomic mass is 10.1. The molecule has 0 bridgehead atoms. The number of aromatic nitrogens is 16. The molecule has 0 aliphatic carbocycles. The molecular weight excluding hydrogens is 1510 g/mol. The first-order valence-electron chi connectivity index (χ1n) is 39.1. The molecule has 0 saturated carbocycles. The van der Waals surface area contributed by atoms with Gasteiger partial charge in [-0.15, -0.1) is 0 Å². The van der Waals surface area contributed by atoms with Gasteiger partial charge >= 0.3 is 28.7 Å². The number of aromatic amines is 4. The fraction of sp³-hybridized carbons (Fsp3) is 0.405. The highest BCUT2D eigenvalue weighted by Gasteiger charge is 2.25. The second-order valence-corrected chi connectivity index (χ2v) is 30.4. The van der Waals surface area contributed by atoms with E-state index >= 15 is 0 Å². The molecule has 5 aromatic rings. The van der Waals surface area contributed by atoms with Crippen molar-refractivity contribution in [3.05, 3.63) is 201 Å². The fourth-order valence-corrected chi connectivity index (χ4v) is 13.5. The predicted molar refractivity (Wildman–Crippen MR) is 454 cm³/mol. The standard InChI is InChI=1S/C22H29N5O4.C22H21N5O3.C21H28N6O3.C19H23N5O3/c1-13-11-15-16(12-14(13)2)27(19-18(24-15)20(29)26-21(30)25-19)10-9-23-8-6-7-17(28)31-22(3,4)5;1-12-9-17-18(10-13(12)2)27(20-19(24-17)21(29)26-22(30)25-20)8-7-23-16-6-4-5-15(11-16)14(3)28;1-13-11-14-16(12-15(13)26(3)4)27(10-8-6-5-7-9-17(28)22-2)19-18(23-14)20(29)25-21(30)24-19;1-11-9-14-15(10-12(11)2)24(8-7-20-6-4-5-13(3)25)17-16(21-14)18(26)23-19(27)22-17/h11-12,23H,6-10H2,1-5H3,(H,26,29,30);4-6,9-11,23H,7-8H2,1-3H3,(H,26,29,30);11-12H,5-10H2,1-4H3,(H,22,28)(H,25,29,30);9-10,20H,4-8H2,1-3H3,(H,23,26,27). The van der Waals surface area contributed by atoms with E-state index in [0.29, 0.717) is 111 Å². The van der Waals surface area contributed by atoms with Gasteiger partial charge in [-0.1, -0.05) is 25.0 Å². The zero-order valence-electron chi connectivity index (χ0n) is 69.3. The minimum absolute atomic E-state index is 0.00334. The molecule has 620 valence electrons. The van der Waals surface area contributed by atoms with Gasteiger partial charge in [-0.05, 0) is 221 Å². The fourth-order valence-electron chi connectivity index (χ4n) is 13.5. The Morgan fingerprint density at radius 3 is 1.19 bits per heavy atom. The van der Waals surface area contributed by atoms with Crippen LogP contribution >= 0.6 is 0 Å². The molecule has 0 radical (unpaired) electrons. The van der Waals surface area contributed by atoms with Gasteiger partial charge in [-0.2, -0.15) is 19.9 Å². The number of hydrogen-bond donors (Lipinski definition) is 8. The van der Waals surface area contributed by atoms with Gasteiger partial charge in [0.05, 0.1) is 44.1 Å². The Balaban J connectivity index is 0.000000166. The van der Waals surface area contributed by atoms with Gasteiger partial charge in [0.15, 0.2) is 51.9 Å². The third-order valence-electron chi connectivity index (χ3n) is 19.9. The molecule has 8 heterocycles. The molecule has 5 aromatic carbocycles. The SMILES string of the molecule is CC(=O)CCCNCCn1c2nc(=O)[nH]c(=O)c-2nc2cc(C)c(C)cc21.CC(=O)c1cccc(NCCn2c3nc(=O)[nH]c(=O)c-3nc3cc(C)c(C)cc32)c1.CNC(=O)CCCCCCn1c2nc(=O)[nH]c(=O)c-2nc2cc(C)c(N(C)C)cc21.Cc1cc2nc3c(=O)[nH]c(=O)nc-3n(CCNCCCC(=O)OC(C)(C)C)c2cc1C. The molecule has 0 atom stereocenters. The second kappa shape index (κ2) is 38.6. The maximum Gasteiger partial charge on any atom is 0.349 e. The molecule has 1 amide bonds. The lowest BCUT2D eigenvalue weighted by Gasteiger charge is -2.21. The van der Waals surface area contributed by atoms with E-state index in [4.69, 9.17) is 4.74 Å². The number of nitrogens with one attached hydrogen (secondary N) is 8. The summed E-state index contributed by atoms with van der Waals surface area (Å²) in [7, 11) is 5.58. The van der Waals surface area contributed by atoms with Crippen molar-refractivity contribution in [3.8, 4) is 46.1 Å². The number of amides is 1. The summed E-state index contributed by atoms with van der Waals surface area (Å²) in [4.78, 5) is 187. The number of Topliss-reactive ketones (excluding diaryl/α,β-unsaturated/α-hetero) is 2. The number of ether oxygens (including phenoxy) is 1. The monoisotopic (exact) mass is 1610 g/mol. The van der Waals surface area contributed by atoms with Crippen LogP contribution in [0.2, 0.25) is 0 Å². The number of rotatable bonds is 27. The average molecular weight is 1610 g/mol. The Kier molecular flexibility index (Phi) is 28.6. The summed E-state index contributed by atoms with van der Waals surface area (Å²) in [5.41, 5.74) is 11.2. The molecular formula is C84H101N21O13. The van der Waals surface area contributed by atoms with Gasteiger partial charge in [-0.25, -0.2) is 39.1 Å². The van der Waals surface area contributed by atoms with Crippen LogP contribution in [0.25, 0.3) is 90.2 Å². The first-order chi connectivity index (χ1) is 56.1. The Labute approximate surface area is 677 Å². The molecule has 118 heavy (non-hydrogen) atoms. The summed E-state index contributed by atoms with van der Waals surface area (Å²) in [5, 5.41) is 12.5. The highest BCUT2D eigenvalue weighted by Crippen LogP contribution is 2.31. The van der Waals surface area contributed by atoms with E-state index in [1.165, 1.54) is 6.92 Å². The number of esters is 1. The Morgan fingerprint density at radius 1 is 0.424 bits per heavy atom. The largest absolute Gasteiger partial charge is 0.460 e. The van der Waals surface area contributed by atoms with Crippen molar-refractivity contribution in [1.29, 1.82) is 0 Å². The number of carbonyl (C=O) groups is 4. The zero-order valence-corrected chi connectivity index (χ0v) is 69.3. The number of hydrogen-bond acceptors (Lipinski definition) is 25. The normalized spacial score (nSPS) is 11.4. The molecule has 34 nitrogen and oxygen atoms in total. The maximum atomic E-state index is 12.3. The van der Waals surface area contributed by atoms with Crippen LogP contribution in [0.5, 0.6) is 0 Å². The van der Waals surface area contributed by atoms with E-state index in [-0.39, 0.29) is 63.7 Å². The Bertz CT molecular complexity index is 6300. The van der Waals surface area contributed by atoms with Gasteiger partial charge in [0.25, 0.3) is 22.2 Å². The van der Waals surface area contributed by atoms with Crippen molar-refractivity contribution in [2.75, 3.05) is 64.1 Å². The number of nitrogens with zero attached hydrogens (tertiary/aromatic N) is 13. The van der Waals surface area contributed by atoms with Crippen LogP contribution in [0.15, 0.2) is 111 Å². The second-order valence-electron chi connectivity index (χ2n) is 30.4. The molecule has 8 aliphatic rings. The number of ketones is 2. The first-order valence-corrected chi connectivity index (χ1v) is 39.1. The minimum Gasteiger partial charge on any atom is -0.460 e. The van der Waals surface area contributed by atoms with E-state index in [9.17, 15) is 57.5 Å². The van der Waals surface area contributed by atoms with Crippen LogP contribution in [0.3, 0.4) is 0 Å². The predicted octanol–water partition coefficient (Wildman–Crippen LogP) is 7.24. The molecule has 0 unspecified atom stereocenters. The number of H-pyrrole nitrogens is 4. The third kappa shape index (κ3) is 21.9. The summed E-state index contributed by atoms with van der Waals surface area (Å²) < 4.78 is 12.8. The van der Waals surface area contributed by atoms with E-state index < -0.39 is 50.6 Å².